The average molecular weight is 326 g/mol. The summed E-state index contributed by atoms with van der Waals surface area (Å²) >= 11 is 0. The quantitative estimate of drug-likeness (QED) is 0.908. The molecule has 126 valence electrons. The molecule has 4 heteroatoms. The van der Waals surface area contributed by atoms with Gasteiger partial charge in [0.1, 0.15) is 5.82 Å². The molecule has 1 aliphatic rings. The fourth-order valence-electron chi connectivity index (χ4n) is 3.16. The van der Waals surface area contributed by atoms with Crippen LogP contribution in [0.5, 0.6) is 0 Å². The van der Waals surface area contributed by atoms with Crippen LogP contribution in [0.4, 0.5) is 4.39 Å². The summed E-state index contributed by atoms with van der Waals surface area (Å²) in [5.41, 5.74) is 1.91. The fraction of sp³-hybridized carbons (Fsp3) is 0.350. The number of carbonyl (C=O) groups excluding carboxylic acids is 1. The van der Waals surface area contributed by atoms with E-state index in [9.17, 15) is 9.18 Å². The second kappa shape index (κ2) is 7.58. The summed E-state index contributed by atoms with van der Waals surface area (Å²) in [6, 6.07) is 14.6. The van der Waals surface area contributed by atoms with Gasteiger partial charge in [-0.2, -0.15) is 0 Å². The van der Waals surface area contributed by atoms with Gasteiger partial charge in [0, 0.05) is 12.6 Å². The molecule has 1 atom stereocenters. The van der Waals surface area contributed by atoms with E-state index >= 15 is 0 Å². The Morgan fingerprint density at radius 2 is 1.83 bits per heavy atom. The molecular weight excluding hydrogens is 303 g/mol. The molecule has 1 saturated heterocycles. The van der Waals surface area contributed by atoms with E-state index in [-0.39, 0.29) is 17.5 Å². The number of hydrogen-bond donors (Lipinski definition) is 1. The maximum atomic E-state index is 14.1. The van der Waals surface area contributed by atoms with Gasteiger partial charge in [-0.3, -0.25) is 9.69 Å². The first kappa shape index (κ1) is 16.7. The lowest BCUT2D eigenvalue weighted by atomic mass is 10.0. The van der Waals surface area contributed by atoms with E-state index in [1.165, 1.54) is 18.9 Å². The zero-order valence-electron chi connectivity index (χ0n) is 14.0. The first-order chi connectivity index (χ1) is 11.6. The minimum Gasteiger partial charge on any atom is -0.350 e. The van der Waals surface area contributed by atoms with Gasteiger partial charge in [-0.15, -0.1) is 0 Å². The molecule has 0 radical (unpaired) electrons. The van der Waals surface area contributed by atoms with Crippen molar-refractivity contribution in [3.8, 4) is 11.1 Å². The van der Waals surface area contributed by atoms with Crippen LogP contribution in [0.15, 0.2) is 48.5 Å². The minimum atomic E-state index is -0.485. The molecule has 2 aromatic rings. The average Bonchev–Trinajstić information content (AvgIpc) is 3.15. The Labute approximate surface area is 142 Å². The lowest BCUT2D eigenvalue weighted by molar-refractivity contribution is 0.0936. The lowest BCUT2D eigenvalue weighted by Crippen LogP contribution is -2.40. The van der Waals surface area contributed by atoms with E-state index < -0.39 is 5.82 Å². The summed E-state index contributed by atoms with van der Waals surface area (Å²) < 4.78 is 14.1. The predicted molar refractivity (Wildman–Crippen MR) is 94.4 cm³/mol. The Morgan fingerprint density at radius 3 is 2.54 bits per heavy atom. The van der Waals surface area contributed by atoms with Gasteiger partial charge < -0.3 is 5.32 Å². The SMILES string of the molecule is CC(CNC(=O)c1cc(-c2ccccc2)ccc1F)N1CCCC1. The topological polar surface area (TPSA) is 32.3 Å². The first-order valence-corrected chi connectivity index (χ1v) is 8.52. The van der Waals surface area contributed by atoms with Crippen molar-refractivity contribution < 1.29 is 9.18 Å². The monoisotopic (exact) mass is 326 g/mol. The first-order valence-electron chi connectivity index (χ1n) is 8.52. The van der Waals surface area contributed by atoms with E-state index in [1.54, 1.807) is 12.1 Å². The van der Waals surface area contributed by atoms with Crippen molar-refractivity contribution in [3.63, 3.8) is 0 Å². The van der Waals surface area contributed by atoms with Gasteiger partial charge in [0.05, 0.1) is 5.56 Å². The molecule has 0 saturated carbocycles. The predicted octanol–water partition coefficient (Wildman–Crippen LogP) is 3.71. The zero-order valence-corrected chi connectivity index (χ0v) is 14.0. The summed E-state index contributed by atoms with van der Waals surface area (Å²) in [4.78, 5) is 14.8. The molecule has 2 aromatic carbocycles. The molecule has 0 aliphatic carbocycles. The van der Waals surface area contributed by atoms with Gasteiger partial charge in [0.2, 0.25) is 0 Å². The molecule has 3 rings (SSSR count). The van der Waals surface area contributed by atoms with Crippen molar-refractivity contribution in [2.45, 2.75) is 25.8 Å². The summed E-state index contributed by atoms with van der Waals surface area (Å²) in [5.74, 6) is -0.836. The molecule has 0 aromatic heterocycles. The maximum absolute atomic E-state index is 14.1. The van der Waals surface area contributed by atoms with Crippen LogP contribution in [-0.2, 0) is 0 Å². The smallest absolute Gasteiger partial charge is 0.254 e. The van der Waals surface area contributed by atoms with E-state index in [0.717, 1.165) is 24.2 Å². The molecule has 1 heterocycles. The van der Waals surface area contributed by atoms with E-state index in [4.69, 9.17) is 0 Å². The molecule has 1 unspecified atom stereocenters. The zero-order chi connectivity index (χ0) is 16.9. The van der Waals surface area contributed by atoms with Crippen molar-refractivity contribution in [1.82, 2.24) is 10.2 Å². The van der Waals surface area contributed by atoms with Crippen LogP contribution in [-0.4, -0.2) is 36.5 Å². The molecule has 24 heavy (non-hydrogen) atoms. The van der Waals surface area contributed by atoms with Gasteiger partial charge >= 0.3 is 0 Å². The maximum Gasteiger partial charge on any atom is 0.254 e. The largest absolute Gasteiger partial charge is 0.350 e. The number of nitrogens with one attached hydrogen (secondary N) is 1. The molecule has 3 nitrogen and oxygen atoms in total. The van der Waals surface area contributed by atoms with Gasteiger partial charge in [-0.05, 0) is 56.1 Å². The highest BCUT2D eigenvalue weighted by Crippen LogP contribution is 2.22. The van der Waals surface area contributed by atoms with E-state index in [0.29, 0.717) is 6.54 Å². The number of hydrogen-bond acceptors (Lipinski definition) is 2. The van der Waals surface area contributed by atoms with Crippen LogP contribution in [0.3, 0.4) is 0 Å². The van der Waals surface area contributed by atoms with Gasteiger partial charge in [0.25, 0.3) is 5.91 Å². The highest BCUT2D eigenvalue weighted by molar-refractivity contribution is 5.95. The van der Waals surface area contributed by atoms with Crippen LogP contribution in [0.2, 0.25) is 0 Å². The van der Waals surface area contributed by atoms with Crippen LogP contribution in [0.1, 0.15) is 30.1 Å². The Balaban J connectivity index is 1.70. The summed E-state index contributed by atoms with van der Waals surface area (Å²) in [6.45, 7) is 4.79. The highest BCUT2D eigenvalue weighted by atomic mass is 19.1. The Hall–Kier alpha value is -2.20. The molecule has 0 spiro atoms. The third-order valence-electron chi connectivity index (χ3n) is 4.64. The lowest BCUT2D eigenvalue weighted by Gasteiger charge is -2.23. The molecule has 1 aliphatic heterocycles. The van der Waals surface area contributed by atoms with Crippen molar-refractivity contribution >= 4 is 5.91 Å². The normalized spacial score (nSPS) is 16.1. The Kier molecular flexibility index (Phi) is 5.26. The molecule has 1 amide bonds. The van der Waals surface area contributed by atoms with Crippen LogP contribution in [0.25, 0.3) is 11.1 Å². The van der Waals surface area contributed by atoms with Crippen molar-refractivity contribution in [1.29, 1.82) is 0 Å². The van der Waals surface area contributed by atoms with Gasteiger partial charge in [-0.25, -0.2) is 4.39 Å². The number of halogens is 1. The number of rotatable bonds is 5. The van der Waals surface area contributed by atoms with Crippen LogP contribution < -0.4 is 5.32 Å². The minimum absolute atomic E-state index is 0.102. The molecule has 1 N–H and O–H groups in total. The molecule has 1 fully saturated rings. The standard InChI is InChI=1S/C20H23FN2O/c1-15(23-11-5-6-12-23)14-22-20(24)18-13-17(9-10-19(18)21)16-7-3-2-4-8-16/h2-4,7-10,13,15H,5-6,11-12,14H2,1H3,(H,22,24). The van der Waals surface area contributed by atoms with Crippen LogP contribution >= 0.6 is 0 Å². The van der Waals surface area contributed by atoms with Crippen LogP contribution in [0, 0.1) is 5.82 Å². The van der Waals surface area contributed by atoms with Crippen molar-refractivity contribution in [3.05, 3.63) is 59.9 Å². The highest BCUT2D eigenvalue weighted by Gasteiger charge is 2.19. The number of carbonyl (C=O) groups is 1. The van der Waals surface area contributed by atoms with Crippen molar-refractivity contribution in [2.24, 2.45) is 0 Å². The van der Waals surface area contributed by atoms with Crippen molar-refractivity contribution in [2.75, 3.05) is 19.6 Å². The number of likely N-dealkylation sites (tertiary alicyclic amines) is 1. The molecular formula is C20H23FN2O. The Bertz CT molecular complexity index is 696. The summed E-state index contributed by atoms with van der Waals surface area (Å²) in [5, 5.41) is 2.87. The third-order valence-corrected chi connectivity index (χ3v) is 4.64. The summed E-state index contributed by atoms with van der Waals surface area (Å²) in [6.07, 6.45) is 2.43. The van der Waals surface area contributed by atoms with Gasteiger partial charge in [0.15, 0.2) is 0 Å². The number of nitrogens with zero attached hydrogens (tertiary/aromatic N) is 1. The molecule has 0 bridgehead atoms. The Morgan fingerprint density at radius 1 is 1.12 bits per heavy atom. The number of amides is 1. The second-order valence-corrected chi connectivity index (χ2v) is 6.36. The van der Waals surface area contributed by atoms with E-state index in [1.807, 2.05) is 30.3 Å². The number of benzene rings is 2. The second-order valence-electron chi connectivity index (χ2n) is 6.36. The van der Waals surface area contributed by atoms with Gasteiger partial charge in [-0.1, -0.05) is 36.4 Å². The third kappa shape index (κ3) is 3.82. The van der Waals surface area contributed by atoms with E-state index in [2.05, 4.69) is 17.1 Å². The summed E-state index contributed by atoms with van der Waals surface area (Å²) in [7, 11) is 0. The fourth-order valence-corrected chi connectivity index (χ4v) is 3.16.